The molecule has 4 aliphatic heterocycles. The van der Waals surface area contributed by atoms with Crippen LogP contribution < -0.4 is 15.5 Å². The Bertz CT molecular complexity index is 1010. The Morgan fingerprint density at radius 2 is 1.76 bits per heavy atom. The van der Waals surface area contributed by atoms with Crippen LogP contribution in [0.3, 0.4) is 0 Å². The van der Waals surface area contributed by atoms with E-state index in [-0.39, 0.29) is 24.1 Å². The summed E-state index contributed by atoms with van der Waals surface area (Å²) >= 11 is 0. The van der Waals surface area contributed by atoms with Crippen LogP contribution in [0.1, 0.15) is 41.6 Å². The average molecular weight is 482 g/mol. The van der Waals surface area contributed by atoms with Crippen molar-refractivity contribution in [2.24, 2.45) is 5.41 Å². The van der Waals surface area contributed by atoms with Crippen molar-refractivity contribution in [3.8, 4) is 0 Å². The number of carbonyl (C=O) groups is 4. The molecule has 1 spiro atoms. The molecular weight excluding hydrogens is 457 g/mol. The number of rotatable bonds is 2. The van der Waals surface area contributed by atoms with E-state index in [4.69, 9.17) is 9.90 Å². The molecule has 3 fully saturated rings. The Morgan fingerprint density at radius 1 is 1.12 bits per heavy atom. The molecule has 1 atom stereocenters. The Kier molecular flexibility index (Phi) is 6.28. The highest BCUT2D eigenvalue weighted by Gasteiger charge is 2.44. The van der Waals surface area contributed by atoms with Crippen molar-refractivity contribution in [3.63, 3.8) is 0 Å². The third kappa shape index (κ3) is 4.72. The van der Waals surface area contributed by atoms with Crippen molar-refractivity contribution in [3.05, 3.63) is 29.3 Å². The van der Waals surface area contributed by atoms with Gasteiger partial charge in [-0.1, -0.05) is 0 Å². The number of carboxylic acids is 1. The second kappa shape index (κ2) is 8.90. The number of aliphatic carboxylic acids is 1. The summed E-state index contributed by atoms with van der Waals surface area (Å²) in [4.78, 5) is 49.2. The lowest BCUT2D eigenvalue weighted by molar-refractivity contribution is -0.192. The first-order valence-electron chi connectivity index (χ1n) is 11.0. The number of imide groups is 1. The number of anilines is 1. The van der Waals surface area contributed by atoms with Crippen LogP contribution in [-0.4, -0.2) is 72.1 Å². The fourth-order valence-electron chi connectivity index (χ4n) is 4.98. The third-order valence-electron chi connectivity index (χ3n) is 6.83. The number of amides is 3. The number of carbonyl (C=O) groups excluding carboxylic acids is 3. The lowest BCUT2D eigenvalue weighted by Gasteiger charge is -2.53. The summed E-state index contributed by atoms with van der Waals surface area (Å²) in [6.45, 7) is 4.81. The van der Waals surface area contributed by atoms with E-state index < -0.39 is 18.2 Å². The molecule has 12 heteroatoms. The van der Waals surface area contributed by atoms with E-state index >= 15 is 0 Å². The van der Waals surface area contributed by atoms with Gasteiger partial charge in [0.25, 0.3) is 5.91 Å². The lowest BCUT2D eigenvalue weighted by Crippen LogP contribution is -2.60. The third-order valence-corrected chi connectivity index (χ3v) is 6.83. The number of hydrogen-bond donors (Lipinski definition) is 3. The first-order valence-corrected chi connectivity index (χ1v) is 11.0. The van der Waals surface area contributed by atoms with E-state index in [0.29, 0.717) is 23.9 Å². The molecule has 1 aromatic carbocycles. The van der Waals surface area contributed by atoms with E-state index in [1.807, 2.05) is 12.1 Å². The molecule has 5 rings (SSSR count). The topological polar surface area (TPSA) is 119 Å². The van der Waals surface area contributed by atoms with Gasteiger partial charge < -0.3 is 20.2 Å². The van der Waals surface area contributed by atoms with Gasteiger partial charge in [-0.3, -0.25) is 19.7 Å². The van der Waals surface area contributed by atoms with E-state index in [1.54, 1.807) is 4.90 Å². The maximum absolute atomic E-state index is 12.8. The molecule has 4 aliphatic rings. The van der Waals surface area contributed by atoms with Gasteiger partial charge in [0.15, 0.2) is 0 Å². The largest absolute Gasteiger partial charge is 0.490 e. The molecular formula is C22H25F3N4O5. The number of halogens is 3. The Morgan fingerprint density at radius 3 is 2.35 bits per heavy atom. The number of hydrogen-bond acceptors (Lipinski definition) is 6. The van der Waals surface area contributed by atoms with Crippen LogP contribution in [0.15, 0.2) is 18.2 Å². The zero-order valence-electron chi connectivity index (χ0n) is 18.3. The summed E-state index contributed by atoms with van der Waals surface area (Å²) in [7, 11) is 0. The first kappa shape index (κ1) is 24.0. The average Bonchev–Trinajstić information content (AvgIpc) is 3.08. The number of carboxylic acid groups (broad SMARTS) is 1. The first-order chi connectivity index (χ1) is 16.0. The minimum Gasteiger partial charge on any atom is -0.475 e. The molecule has 0 saturated carbocycles. The van der Waals surface area contributed by atoms with Gasteiger partial charge in [-0.2, -0.15) is 13.2 Å². The molecule has 0 bridgehead atoms. The van der Waals surface area contributed by atoms with Gasteiger partial charge in [-0.05, 0) is 56.1 Å². The predicted octanol–water partition coefficient (Wildman–Crippen LogP) is 1.27. The van der Waals surface area contributed by atoms with Crippen LogP contribution in [0.5, 0.6) is 0 Å². The number of fused-ring (bicyclic) bond motifs is 1. The molecule has 4 heterocycles. The number of piperidine rings is 2. The van der Waals surface area contributed by atoms with E-state index in [9.17, 15) is 27.6 Å². The van der Waals surface area contributed by atoms with Crippen LogP contribution in [0, 0.1) is 5.41 Å². The quantitative estimate of drug-likeness (QED) is 0.544. The van der Waals surface area contributed by atoms with Gasteiger partial charge in [0, 0.05) is 42.7 Å². The highest BCUT2D eigenvalue weighted by atomic mass is 19.4. The Hall–Kier alpha value is -3.15. The van der Waals surface area contributed by atoms with Crippen LogP contribution in [0.25, 0.3) is 0 Å². The molecule has 3 N–H and O–H groups in total. The van der Waals surface area contributed by atoms with E-state index in [2.05, 4.69) is 21.6 Å². The van der Waals surface area contributed by atoms with Crippen molar-refractivity contribution in [2.75, 3.05) is 31.1 Å². The molecule has 34 heavy (non-hydrogen) atoms. The Labute approximate surface area is 193 Å². The van der Waals surface area contributed by atoms with Gasteiger partial charge in [0.05, 0.1) is 0 Å². The monoisotopic (exact) mass is 482 g/mol. The van der Waals surface area contributed by atoms with E-state index in [0.717, 1.165) is 37.4 Å². The molecule has 0 radical (unpaired) electrons. The lowest BCUT2D eigenvalue weighted by atomic mass is 9.72. The maximum Gasteiger partial charge on any atom is 0.490 e. The SMILES string of the molecule is O=C(O)C(F)(F)F.O=C1CC[C@@H](N2Cc3cc(N4CC5(CCNCC5)C4)ccc3C2=O)C(=O)N1. The number of nitrogens with one attached hydrogen (secondary N) is 2. The zero-order chi connectivity index (χ0) is 24.7. The zero-order valence-corrected chi connectivity index (χ0v) is 18.3. The minimum atomic E-state index is -5.08. The second-order valence-corrected chi connectivity index (χ2v) is 9.15. The van der Waals surface area contributed by atoms with Gasteiger partial charge >= 0.3 is 12.1 Å². The fraction of sp³-hybridized carbons (Fsp3) is 0.545. The molecule has 9 nitrogen and oxygen atoms in total. The standard InChI is InChI=1S/C20H24N4O3.C2HF3O2/c25-17-4-3-16(18(26)22-17)24-10-13-9-14(1-2-15(13)19(24)27)23-11-20(12-23)5-7-21-8-6-20;3-2(4,5)1(6)7/h1-2,9,16,21H,3-8,10-12H2,(H,22,25,26);(H,6,7)/t16-;/m1./s1. The number of alkyl halides is 3. The highest BCUT2D eigenvalue weighted by molar-refractivity contribution is 6.05. The van der Waals surface area contributed by atoms with Crippen LogP contribution in [-0.2, 0) is 20.9 Å². The van der Waals surface area contributed by atoms with Crippen molar-refractivity contribution < 1.29 is 37.5 Å². The van der Waals surface area contributed by atoms with Crippen molar-refractivity contribution in [1.82, 2.24) is 15.5 Å². The predicted molar refractivity (Wildman–Crippen MR) is 113 cm³/mol. The smallest absolute Gasteiger partial charge is 0.475 e. The summed E-state index contributed by atoms with van der Waals surface area (Å²) in [5.74, 6) is -3.48. The van der Waals surface area contributed by atoms with Crippen LogP contribution >= 0.6 is 0 Å². The Balaban J connectivity index is 0.000000344. The summed E-state index contributed by atoms with van der Waals surface area (Å²) in [6.07, 6.45) is -1.93. The molecule has 1 aromatic rings. The van der Waals surface area contributed by atoms with Crippen molar-refractivity contribution in [1.29, 1.82) is 0 Å². The summed E-state index contributed by atoms with van der Waals surface area (Å²) in [5.41, 5.74) is 3.28. The highest BCUT2D eigenvalue weighted by Crippen LogP contribution is 2.42. The molecule has 3 saturated heterocycles. The van der Waals surface area contributed by atoms with Gasteiger partial charge in [-0.15, -0.1) is 0 Å². The van der Waals surface area contributed by atoms with Gasteiger partial charge in [0.2, 0.25) is 11.8 Å². The number of benzene rings is 1. The molecule has 0 aliphatic carbocycles. The summed E-state index contributed by atoms with van der Waals surface area (Å²) in [6, 6.07) is 5.48. The minimum absolute atomic E-state index is 0.107. The van der Waals surface area contributed by atoms with Crippen molar-refractivity contribution >= 4 is 29.4 Å². The number of nitrogens with zero attached hydrogens (tertiary/aromatic N) is 2. The molecule has 0 aromatic heterocycles. The van der Waals surface area contributed by atoms with Gasteiger partial charge in [-0.25, -0.2) is 4.79 Å². The molecule has 3 amide bonds. The molecule has 184 valence electrons. The second-order valence-electron chi connectivity index (χ2n) is 9.15. The summed E-state index contributed by atoms with van der Waals surface area (Å²) in [5, 5.41) is 12.9. The molecule has 0 unspecified atom stereocenters. The van der Waals surface area contributed by atoms with Gasteiger partial charge in [0.1, 0.15) is 6.04 Å². The van der Waals surface area contributed by atoms with Crippen LogP contribution in [0.2, 0.25) is 0 Å². The normalized spacial score (nSPS) is 23.6. The maximum atomic E-state index is 12.8. The van der Waals surface area contributed by atoms with Crippen LogP contribution in [0.4, 0.5) is 18.9 Å². The summed E-state index contributed by atoms with van der Waals surface area (Å²) < 4.78 is 31.7. The van der Waals surface area contributed by atoms with E-state index in [1.165, 1.54) is 12.8 Å². The fourth-order valence-corrected chi connectivity index (χ4v) is 4.98. The van der Waals surface area contributed by atoms with Crippen molar-refractivity contribution in [2.45, 2.75) is 44.4 Å².